The van der Waals surface area contributed by atoms with Crippen LogP contribution in [0, 0.1) is 5.92 Å². The number of carbonyl (C=O) groups is 1. The lowest BCUT2D eigenvalue weighted by Gasteiger charge is -2.38. The van der Waals surface area contributed by atoms with Crippen LogP contribution in [0.25, 0.3) is 0 Å². The first kappa shape index (κ1) is 13.8. The van der Waals surface area contributed by atoms with E-state index in [1.807, 2.05) is 0 Å². The molecular weight excluding hydrogens is 228 g/mol. The van der Waals surface area contributed by atoms with Gasteiger partial charge in [-0.25, -0.2) is 0 Å². The molecule has 0 aliphatic carbocycles. The highest BCUT2D eigenvalue weighted by molar-refractivity contribution is 5.73. The van der Waals surface area contributed by atoms with E-state index in [9.17, 15) is 9.90 Å². The lowest BCUT2D eigenvalue weighted by atomic mass is 10.0. The monoisotopic (exact) mass is 254 g/mol. The number of aliphatic carboxylic acids is 1. The Kier molecular flexibility index (Phi) is 4.62. The number of rotatable bonds is 4. The molecule has 4 heteroatoms. The second-order valence-electron chi connectivity index (χ2n) is 6.16. The lowest BCUT2D eigenvalue weighted by Crippen LogP contribution is -2.49. The molecule has 2 heterocycles. The summed E-state index contributed by atoms with van der Waals surface area (Å²) < 4.78 is 0. The first-order chi connectivity index (χ1) is 8.58. The molecule has 2 fully saturated rings. The largest absolute Gasteiger partial charge is 0.480 e. The van der Waals surface area contributed by atoms with Crippen LogP contribution >= 0.6 is 0 Å². The van der Waals surface area contributed by atoms with Crippen molar-refractivity contribution >= 4 is 5.97 Å². The highest BCUT2D eigenvalue weighted by Gasteiger charge is 2.36. The molecule has 0 radical (unpaired) electrons. The summed E-state index contributed by atoms with van der Waals surface area (Å²) in [6.45, 7) is 8.93. The van der Waals surface area contributed by atoms with E-state index in [1.54, 1.807) is 0 Å². The van der Waals surface area contributed by atoms with Crippen molar-refractivity contribution in [1.29, 1.82) is 0 Å². The fraction of sp³-hybridized carbons (Fsp3) is 0.929. The van der Waals surface area contributed by atoms with Gasteiger partial charge in [0, 0.05) is 12.6 Å². The van der Waals surface area contributed by atoms with Gasteiger partial charge in [-0.05, 0) is 51.2 Å². The summed E-state index contributed by atoms with van der Waals surface area (Å²) >= 11 is 0. The molecule has 0 aromatic carbocycles. The standard InChI is InChI=1S/C14H26N2O2/c1-11(2)10-15-8-5-12(6-9-15)16-7-3-4-13(16)14(17)18/h11-13H,3-10H2,1-2H3,(H,17,18). The average Bonchev–Trinajstić information content (AvgIpc) is 2.78. The summed E-state index contributed by atoms with van der Waals surface area (Å²) in [7, 11) is 0. The second kappa shape index (κ2) is 6.02. The molecule has 1 atom stereocenters. The minimum absolute atomic E-state index is 0.216. The third-order valence-corrected chi connectivity index (χ3v) is 4.23. The Bertz CT molecular complexity index is 286. The zero-order chi connectivity index (χ0) is 13.1. The third-order valence-electron chi connectivity index (χ3n) is 4.23. The molecule has 0 aromatic heterocycles. The van der Waals surface area contributed by atoms with Crippen LogP contribution in [0.15, 0.2) is 0 Å². The van der Waals surface area contributed by atoms with E-state index in [0.29, 0.717) is 6.04 Å². The maximum atomic E-state index is 11.2. The number of piperidine rings is 1. The van der Waals surface area contributed by atoms with E-state index in [0.717, 1.165) is 51.2 Å². The summed E-state index contributed by atoms with van der Waals surface area (Å²) in [6.07, 6.45) is 4.15. The van der Waals surface area contributed by atoms with E-state index in [2.05, 4.69) is 23.6 Å². The van der Waals surface area contributed by atoms with Gasteiger partial charge >= 0.3 is 5.97 Å². The van der Waals surface area contributed by atoms with Crippen molar-refractivity contribution in [1.82, 2.24) is 9.80 Å². The Morgan fingerprint density at radius 1 is 1.22 bits per heavy atom. The lowest BCUT2D eigenvalue weighted by molar-refractivity contribution is -0.143. The van der Waals surface area contributed by atoms with E-state index in [4.69, 9.17) is 0 Å². The average molecular weight is 254 g/mol. The molecule has 2 saturated heterocycles. The smallest absolute Gasteiger partial charge is 0.320 e. The van der Waals surface area contributed by atoms with Crippen molar-refractivity contribution in [2.45, 2.75) is 51.6 Å². The second-order valence-corrected chi connectivity index (χ2v) is 6.16. The summed E-state index contributed by atoms with van der Waals surface area (Å²) in [4.78, 5) is 16.0. The molecule has 0 aromatic rings. The predicted octanol–water partition coefficient (Wildman–Crippen LogP) is 1.66. The third kappa shape index (κ3) is 3.23. The zero-order valence-corrected chi connectivity index (χ0v) is 11.6. The Morgan fingerprint density at radius 2 is 1.89 bits per heavy atom. The molecule has 0 spiro atoms. The molecule has 104 valence electrons. The minimum atomic E-state index is -0.628. The van der Waals surface area contributed by atoms with Crippen molar-refractivity contribution in [2.24, 2.45) is 5.92 Å². The molecule has 1 unspecified atom stereocenters. The Labute approximate surface area is 110 Å². The molecule has 1 N–H and O–H groups in total. The molecule has 2 aliphatic rings. The zero-order valence-electron chi connectivity index (χ0n) is 11.6. The van der Waals surface area contributed by atoms with Gasteiger partial charge in [-0.15, -0.1) is 0 Å². The summed E-state index contributed by atoms with van der Waals surface area (Å²) in [5, 5.41) is 9.23. The molecule has 18 heavy (non-hydrogen) atoms. The van der Waals surface area contributed by atoms with Crippen molar-refractivity contribution < 1.29 is 9.90 Å². The van der Waals surface area contributed by atoms with Crippen LogP contribution in [0.5, 0.6) is 0 Å². The molecule has 0 amide bonds. The van der Waals surface area contributed by atoms with Crippen LogP contribution in [0.4, 0.5) is 0 Å². The molecule has 0 saturated carbocycles. The highest BCUT2D eigenvalue weighted by atomic mass is 16.4. The first-order valence-electron chi connectivity index (χ1n) is 7.29. The number of likely N-dealkylation sites (tertiary alicyclic amines) is 2. The minimum Gasteiger partial charge on any atom is -0.480 e. The van der Waals surface area contributed by atoms with Gasteiger partial charge in [-0.1, -0.05) is 13.8 Å². The van der Waals surface area contributed by atoms with Crippen LogP contribution in [-0.2, 0) is 4.79 Å². The highest BCUT2D eigenvalue weighted by Crippen LogP contribution is 2.26. The molecule has 4 nitrogen and oxygen atoms in total. The van der Waals surface area contributed by atoms with Crippen LogP contribution in [-0.4, -0.2) is 59.1 Å². The number of hydrogen-bond donors (Lipinski definition) is 1. The number of nitrogens with zero attached hydrogens (tertiary/aromatic N) is 2. The van der Waals surface area contributed by atoms with Crippen LogP contribution in [0.2, 0.25) is 0 Å². The normalized spacial score (nSPS) is 28.1. The van der Waals surface area contributed by atoms with Crippen LogP contribution in [0.1, 0.15) is 39.5 Å². The fourth-order valence-corrected chi connectivity index (χ4v) is 3.44. The number of carboxylic acids is 1. The molecule has 2 aliphatic heterocycles. The molecule has 0 bridgehead atoms. The van der Waals surface area contributed by atoms with Crippen molar-refractivity contribution in [3.63, 3.8) is 0 Å². The molecular formula is C14H26N2O2. The quantitative estimate of drug-likeness (QED) is 0.828. The van der Waals surface area contributed by atoms with Gasteiger partial charge in [-0.3, -0.25) is 9.69 Å². The van der Waals surface area contributed by atoms with Crippen molar-refractivity contribution in [2.75, 3.05) is 26.2 Å². The van der Waals surface area contributed by atoms with E-state index < -0.39 is 5.97 Å². The van der Waals surface area contributed by atoms with Gasteiger partial charge in [0.1, 0.15) is 6.04 Å². The van der Waals surface area contributed by atoms with Gasteiger partial charge in [0.15, 0.2) is 0 Å². The predicted molar refractivity (Wildman–Crippen MR) is 71.7 cm³/mol. The summed E-state index contributed by atoms with van der Waals surface area (Å²) in [6, 6.07) is 0.281. The van der Waals surface area contributed by atoms with E-state index in [-0.39, 0.29) is 6.04 Å². The number of carboxylic acid groups (broad SMARTS) is 1. The maximum Gasteiger partial charge on any atom is 0.320 e. The van der Waals surface area contributed by atoms with Gasteiger partial charge in [0.05, 0.1) is 0 Å². The SMILES string of the molecule is CC(C)CN1CCC(N2CCCC2C(=O)O)CC1. The van der Waals surface area contributed by atoms with Gasteiger partial charge in [-0.2, -0.15) is 0 Å². The molecule has 2 rings (SSSR count). The summed E-state index contributed by atoms with van der Waals surface area (Å²) in [5.41, 5.74) is 0. The van der Waals surface area contributed by atoms with Crippen molar-refractivity contribution in [3.8, 4) is 0 Å². The van der Waals surface area contributed by atoms with Crippen LogP contribution < -0.4 is 0 Å². The van der Waals surface area contributed by atoms with Gasteiger partial charge < -0.3 is 10.0 Å². The van der Waals surface area contributed by atoms with Crippen LogP contribution in [0.3, 0.4) is 0 Å². The maximum absolute atomic E-state index is 11.2. The van der Waals surface area contributed by atoms with Gasteiger partial charge in [0.25, 0.3) is 0 Å². The van der Waals surface area contributed by atoms with E-state index >= 15 is 0 Å². The Morgan fingerprint density at radius 3 is 2.44 bits per heavy atom. The van der Waals surface area contributed by atoms with Gasteiger partial charge in [0.2, 0.25) is 0 Å². The topological polar surface area (TPSA) is 43.8 Å². The van der Waals surface area contributed by atoms with E-state index in [1.165, 1.54) is 6.54 Å². The Hall–Kier alpha value is -0.610. The first-order valence-corrected chi connectivity index (χ1v) is 7.29. The Balaban J connectivity index is 1.84. The summed E-state index contributed by atoms with van der Waals surface area (Å²) in [5.74, 6) is 0.0946. The number of hydrogen-bond acceptors (Lipinski definition) is 3. The fourth-order valence-electron chi connectivity index (χ4n) is 3.44. The van der Waals surface area contributed by atoms with Crippen molar-refractivity contribution in [3.05, 3.63) is 0 Å².